The predicted octanol–water partition coefficient (Wildman–Crippen LogP) is 3.43. The summed E-state index contributed by atoms with van der Waals surface area (Å²) in [5.74, 6) is 0.759. The largest absolute Gasteiger partial charge is 0.454 e. The lowest BCUT2D eigenvalue weighted by molar-refractivity contribution is -0.121. The van der Waals surface area contributed by atoms with Gasteiger partial charge in [-0.15, -0.1) is 0 Å². The SMILES string of the molecule is O=C(C[C@H](NC(=O)c1ccccc1)c1ccccc1)N/N=C\c1ccc2c(c1)OCO2. The molecule has 0 saturated carbocycles. The monoisotopic (exact) mass is 415 g/mol. The molecule has 0 radical (unpaired) electrons. The van der Waals surface area contributed by atoms with Crippen molar-refractivity contribution < 1.29 is 19.1 Å². The molecule has 0 aliphatic carbocycles. The average Bonchev–Trinajstić information content (AvgIpc) is 3.28. The molecule has 1 aliphatic heterocycles. The molecule has 4 rings (SSSR count). The highest BCUT2D eigenvalue weighted by Gasteiger charge is 2.19. The number of fused-ring (bicyclic) bond motifs is 1. The molecular weight excluding hydrogens is 394 g/mol. The second-order valence-corrected chi connectivity index (χ2v) is 6.91. The van der Waals surface area contributed by atoms with Crippen molar-refractivity contribution in [3.8, 4) is 11.5 Å². The van der Waals surface area contributed by atoms with E-state index in [2.05, 4.69) is 15.8 Å². The number of hydrogen-bond acceptors (Lipinski definition) is 5. The standard InChI is InChI=1S/C24H21N3O4/c28-23(27-25-15-17-11-12-21-22(13-17)31-16-30-21)14-20(18-7-3-1-4-8-18)26-24(29)19-9-5-2-6-10-19/h1-13,15,20H,14,16H2,(H,26,29)(H,27,28)/b25-15-/t20-/m0/s1. The van der Waals surface area contributed by atoms with Crippen molar-refractivity contribution in [3.05, 3.63) is 95.6 Å². The van der Waals surface area contributed by atoms with Crippen LogP contribution >= 0.6 is 0 Å². The number of benzene rings is 3. The summed E-state index contributed by atoms with van der Waals surface area (Å²) < 4.78 is 10.6. The summed E-state index contributed by atoms with van der Waals surface area (Å²) in [6.45, 7) is 0.197. The van der Waals surface area contributed by atoms with Crippen LogP contribution in [0, 0.1) is 0 Å². The Morgan fingerprint density at radius 1 is 0.935 bits per heavy atom. The first-order valence-electron chi connectivity index (χ1n) is 9.81. The fraction of sp³-hybridized carbons (Fsp3) is 0.125. The Labute approximate surface area is 179 Å². The highest BCUT2D eigenvalue weighted by molar-refractivity contribution is 5.94. The van der Waals surface area contributed by atoms with Gasteiger partial charge in [-0.1, -0.05) is 48.5 Å². The minimum atomic E-state index is -0.491. The Kier molecular flexibility index (Phi) is 6.23. The van der Waals surface area contributed by atoms with Crippen molar-refractivity contribution in [1.29, 1.82) is 0 Å². The van der Waals surface area contributed by atoms with Crippen molar-refractivity contribution in [2.24, 2.45) is 5.10 Å². The fourth-order valence-electron chi connectivity index (χ4n) is 3.17. The van der Waals surface area contributed by atoms with Crippen molar-refractivity contribution in [2.75, 3.05) is 6.79 Å². The number of nitrogens with one attached hydrogen (secondary N) is 2. The molecule has 7 nitrogen and oxygen atoms in total. The van der Waals surface area contributed by atoms with E-state index in [0.717, 1.165) is 11.1 Å². The second-order valence-electron chi connectivity index (χ2n) is 6.91. The number of carbonyl (C=O) groups excluding carboxylic acids is 2. The smallest absolute Gasteiger partial charge is 0.251 e. The van der Waals surface area contributed by atoms with Gasteiger partial charge in [0.1, 0.15) is 0 Å². The Bertz CT molecular complexity index is 1080. The molecule has 7 heteroatoms. The number of amides is 2. The molecule has 0 unspecified atom stereocenters. The summed E-state index contributed by atoms with van der Waals surface area (Å²) in [5.41, 5.74) is 4.65. The maximum atomic E-state index is 12.6. The number of ether oxygens (including phenoxy) is 2. The third kappa shape index (κ3) is 5.27. The Hall–Kier alpha value is -4.13. The molecule has 3 aromatic carbocycles. The predicted molar refractivity (Wildman–Crippen MR) is 116 cm³/mol. The summed E-state index contributed by atoms with van der Waals surface area (Å²) in [6, 6.07) is 23.2. The zero-order chi connectivity index (χ0) is 21.5. The van der Waals surface area contributed by atoms with E-state index < -0.39 is 6.04 Å². The first-order valence-corrected chi connectivity index (χ1v) is 9.81. The van der Waals surface area contributed by atoms with Crippen LogP contribution in [0.3, 0.4) is 0 Å². The molecule has 0 fully saturated rings. The molecule has 0 saturated heterocycles. The maximum absolute atomic E-state index is 12.6. The molecule has 2 N–H and O–H groups in total. The molecule has 0 spiro atoms. The van der Waals surface area contributed by atoms with Crippen molar-refractivity contribution in [2.45, 2.75) is 12.5 Å². The minimum absolute atomic E-state index is 0.0427. The summed E-state index contributed by atoms with van der Waals surface area (Å²) in [4.78, 5) is 25.1. The molecule has 31 heavy (non-hydrogen) atoms. The Balaban J connectivity index is 1.40. The second kappa shape index (κ2) is 9.58. The molecule has 0 aromatic heterocycles. The lowest BCUT2D eigenvalue weighted by Gasteiger charge is -2.18. The summed E-state index contributed by atoms with van der Waals surface area (Å²) in [7, 11) is 0. The van der Waals surface area contributed by atoms with Crippen LogP contribution in [0.25, 0.3) is 0 Å². The van der Waals surface area contributed by atoms with Crippen LogP contribution in [0.15, 0.2) is 84.0 Å². The Morgan fingerprint density at radius 2 is 1.65 bits per heavy atom. The van der Waals surface area contributed by atoms with Gasteiger partial charge in [0, 0.05) is 5.56 Å². The Morgan fingerprint density at radius 3 is 2.42 bits per heavy atom. The third-order valence-corrected chi connectivity index (χ3v) is 4.73. The number of nitrogens with zero attached hydrogens (tertiary/aromatic N) is 1. The summed E-state index contributed by atoms with van der Waals surface area (Å²) in [6.07, 6.45) is 1.57. The molecule has 1 heterocycles. The van der Waals surface area contributed by atoms with Gasteiger partial charge in [-0.05, 0) is 41.5 Å². The van der Waals surface area contributed by atoms with Crippen LogP contribution in [0.5, 0.6) is 11.5 Å². The zero-order valence-electron chi connectivity index (χ0n) is 16.7. The maximum Gasteiger partial charge on any atom is 0.251 e. The van der Waals surface area contributed by atoms with Crippen molar-refractivity contribution in [1.82, 2.24) is 10.7 Å². The lowest BCUT2D eigenvalue weighted by Crippen LogP contribution is -2.32. The van der Waals surface area contributed by atoms with Gasteiger partial charge in [-0.2, -0.15) is 5.10 Å². The van der Waals surface area contributed by atoms with Crippen LogP contribution in [-0.2, 0) is 4.79 Å². The third-order valence-electron chi connectivity index (χ3n) is 4.73. The molecule has 1 atom stereocenters. The topological polar surface area (TPSA) is 89.0 Å². The van der Waals surface area contributed by atoms with E-state index in [1.54, 1.807) is 36.4 Å². The first kappa shape index (κ1) is 20.2. The molecule has 0 bridgehead atoms. The number of rotatable bonds is 7. The number of carbonyl (C=O) groups is 2. The highest BCUT2D eigenvalue weighted by Crippen LogP contribution is 2.31. The minimum Gasteiger partial charge on any atom is -0.454 e. The number of hydrogen-bond donors (Lipinski definition) is 2. The van der Waals surface area contributed by atoms with E-state index in [0.29, 0.717) is 17.1 Å². The van der Waals surface area contributed by atoms with E-state index in [4.69, 9.17) is 9.47 Å². The first-order chi connectivity index (χ1) is 15.2. The van der Waals surface area contributed by atoms with E-state index >= 15 is 0 Å². The van der Waals surface area contributed by atoms with Gasteiger partial charge >= 0.3 is 0 Å². The number of hydrazone groups is 1. The van der Waals surface area contributed by atoms with E-state index in [1.165, 1.54) is 6.21 Å². The average molecular weight is 415 g/mol. The summed E-state index contributed by atoms with van der Waals surface area (Å²) in [5, 5.41) is 6.95. The molecule has 1 aliphatic rings. The van der Waals surface area contributed by atoms with E-state index in [9.17, 15) is 9.59 Å². The van der Waals surface area contributed by atoms with E-state index in [1.807, 2.05) is 42.5 Å². The zero-order valence-corrected chi connectivity index (χ0v) is 16.7. The summed E-state index contributed by atoms with van der Waals surface area (Å²) >= 11 is 0. The normalized spacial score (nSPS) is 13.0. The molecule has 3 aromatic rings. The van der Waals surface area contributed by atoms with Gasteiger partial charge in [0.05, 0.1) is 18.7 Å². The van der Waals surface area contributed by atoms with Gasteiger partial charge < -0.3 is 14.8 Å². The van der Waals surface area contributed by atoms with Crippen LogP contribution < -0.4 is 20.2 Å². The highest BCUT2D eigenvalue weighted by atomic mass is 16.7. The molecular formula is C24H21N3O4. The van der Waals surface area contributed by atoms with Crippen LogP contribution in [-0.4, -0.2) is 24.8 Å². The van der Waals surface area contributed by atoms with Gasteiger partial charge in [-0.25, -0.2) is 5.43 Å². The lowest BCUT2D eigenvalue weighted by atomic mass is 10.0. The van der Waals surface area contributed by atoms with Gasteiger partial charge in [0.25, 0.3) is 5.91 Å². The fourth-order valence-corrected chi connectivity index (χ4v) is 3.17. The van der Waals surface area contributed by atoms with Crippen molar-refractivity contribution in [3.63, 3.8) is 0 Å². The van der Waals surface area contributed by atoms with Crippen LogP contribution in [0.1, 0.15) is 33.9 Å². The van der Waals surface area contributed by atoms with Gasteiger partial charge in [0.15, 0.2) is 11.5 Å². The quantitative estimate of drug-likeness (QED) is 0.457. The van der Waals surface area contributed by atoms with Crippen LogP contribution in [0.4, 0.5) is 0 Å². The van der Waals surface area contributed by atoms with E-state index in [-0.39, 0.29) is 25.0 Å². The van der Waals surface area contributed by atoms with Gasteiger partial charge in [0.2, 0.25) is 12.7 Å². The van der Waals surface area contributed by atoms with Crippen molar-refractivity contribution >= 4 is 18.0 Å². The molecule has 2 amide bonds. The van der Waals surface area contributed by atoms with Crippen LogP contribution in [0.2, 0.25) is 0 Å². The molecule has 156 valence electrons. The van der Waals surface area contributed by atoms with Gasteiger partial charge in [-0.3, -0.25) is 9.59 Å².